The maximum absolute atomic E-state index is 12.2. The van der Waals surface area contributed by atoms with E-state index >= 15 is 0 Å². The van der Waals surface area contributed by atoms with E-state index in [0.29, 0.717) is 0 Å². The zero-order valence-corrected chi connectivity index (χ0v) is 10.2. The Kier molecular flexibility index (Phi) is 3.30. The molecule has 3 N–H and O–H groups in total. The number of aromatic nitrogens is 3. The first-order valence-corrected chi connectivity index (χ1v) is 6.65. The number of nitrogens with zero attached hydrogens (tertiary/aromatic N) is 3. The average Bonchev–Trinajstić information content (AvgIpc) is 2.73. The Morgan fingerprint density at radius 3 is 2.56 bits per heavy atom. The standard InChI is InChI=1S/C10H12N4O3S/c11-9-10(12-13-14(9)6-7-15)18(16,17)8-4-2-1-3-5-8/h1-5,15H,6-7,11H2. The third-order valence-electron chi connectivity index (χ3n) is 2.36. The first kappa shape index (κ1) is 12.5. The number of nitrogen functional groups attached to an aromatic ring is 1. The molecule has 8 heteroatoms. The molecule has 0 aliphatic heterocycles. The van der Waals surface area contributed by atoms with Crippen LogP contribution in [0.3, 0.4) is 0 Å². The predicted molar refractivity (Wildman–Crippen MR) is 63.4 cm³/mol. The maximum Gasteiger partial charge on any atom is 0.229 e. The van der Waals surface area contributed by atoms with Crippen molar-refractivity contribution in [2.75, 3.05) is 12.3 Å². The minimum atomic E-state index is -3.77. The van der Waals surface area contributed by atoms with Crippen molar-refractivity contribution in [2.45, 2.75) is 16.5 Å². The van der Waals surface area contributed by atoms with E-state index in [9.17, 15) is 8.42 Å². The second-order valence-corrected chi connectivity index (χ2v) is 5.41. The highest BCUT2D eigenvalue weighted by atomic mass is 32.2. The molecule has 2 rings (SSSR count). The van der Waals surface area contributed by atoms with E-state index in [4.69, 9.17) is 10.8 Å². The first-order chi connectivity index (χ1) is 8.57. The van der Waals surface area contributed by atoms with Crippen molar-refractivity contribution in [1.29, 1.82) is 0 Å². The van der Waals surface area contributed by atoms with Gasteiger partial charge in [0.1, 0.15) is 0 Å². The van der Waals surface area contributed by atoms with Crippen LogP contribution in [0.4, 0.5) is 5.82 Å². The summed E-state index contributed by atoms with van der Waals surface area (Å²) in [7, 11) is -3.77. The number of aliphatic hydroxyl groups excluding tert-OH is 1. The highest BCUT2D eigenvalue weighted by Crippen LogP contribution is 2.22. The summed E-state index contributed by atoms with van der Waals surface area (Å²) in [6, 6.07) is 7.85. The molecule has 0 aliphatic rings. The van der Waals surface area contributed by atoms with Gasteiger partial charge in [0.15, 0.2) is 5.82 Å². The molecular weight excluding hydrogens is 256 g/mol. The van der Waals surface area contributed by atoms with Crippen LogP contribution in [0.25, 0.3) is 0 Å². The fourth-order valence-corrected chi connectivity index (χ4v) is 2.73. The normalized spacial score (nSPS) is 11.6. The van der Waals surface area contributed by atoms with Gasteiger partial charge in [-0.3, -0.25) is 0 Å². The van der Waals surface area contributed by atoms with Gasteiger partial charge in [0.2, 0.25) is 14.9 Å². The lowest BCUT2D eigenvalue weighted by Gasteiger charge is -2.02. The number of aliphatic hydroxyl groups is 1. The zero-order valence-electron chi connectivity index (χ0n) is 9.39. The smallest absolute Gasteiger partial charge is 0.229 e. The van der Waals surface area contributed by atoms with Gasteiger partial charge < -0.3 is 10.8 Å². The van der Waals surface area contributed by atoms with Gasteiger partial charge >= 0.3 is 0 Å². The van der Waals surface area contributed by atoms with E-state index in [-0.39, 0.29) is 28.9 Å². The number of sulfone groups is 1. The summed E-state index contributed by atoms with van der Waals surface area (Å²) in [5.74, 6) is -0.0760. The minimum absolute atomic E-state index is 0.0760. The van der Waals surface area contributed by atoms with Crippen LogP contribution in [0.2, 0.25) is 0 Å². The van der Waals surface area contributed by atoms with Crippen LogP contribution in [0.5, 0.6) is 0 Å². The number of hydrogen-bond acceptors (Lipinski definition) is 6. The van der Waals surface area contributed by atoms with Crippen LogP contribution in [-0.2, 0) is 16.4 Å². The van der Waals surface area contributed by atoms with Crippen molar-refractivity contribution in [3.8, 4) is 0 Å². The molecule has 1 aromatic heterocycles. The fourth-order valence-electron chi connectivity index (χ4n) is 1.47. The molecule has 0 fully saturated rings. The number of nitrogens with two attached hydrogens (primary N) is 1. The van der Waals surface area contributed by atoms with Crippen molar-refractivity contribution in [2.24, 2.45) is 0 Å². The summed E-state index contributed by atoms with van der Waals surface area (Å²) in [5, 5.41) is 15.7. The SMILES string of the molecule is Nc1c(S(=O)(=O)c2ccccc2)nnn1CCO. The summed E-state index contributed by atoms with van der Waals surface area (Å²) in [5.41, 5.74) is 5.66. The molecule has 0 aliphatic carbocycles. The summed E-state index contributed by atoms with van der Waals surface area (Å²) in [4.78, 5) is 0.104. The molecule has 0 radical (unpaired) electrons. The molecule has 0 bridgehead atoms. The van der Waals surface area contributed by atoms with Gasteiger partial charge in [-0.2, -0.15) is 0 Å². The molecule has 0 amide bonds. The van der Waals surface area contributed by atoms with E-state index in [2.05, 4.69) is 10.3 Å². The molecule has 7 nitrogen and oxygen atoms in total. The topological polar surface area (TPSA) is 111 Å². The fraction of sp³-hybridized carbons (Fsp3) is 0.200. The quantitative estimate of drug-likeness (QED) is 0.786. The predicted octanol–water partition coefficient (Wildman–Crippen LogP) is -0.315. The largest absolute Gasteiger partial charge is 0.394 e. The van der Waals surface area contributed by atoms with E-state index in [1.54, 1.807) is 18.2 Å². The molecule has 1 heterocycles. The van der Waals surface area contributed by atoms with Gasteiger partial charge in [-0.1, -0.05) is 23.4 Å². The monoisotopic (exact) mass is 268 g/mol. The lowest BCUT2D eigenvalue weighted by molar-refractivity contribution is 0.269. The lowest BCUT2D eigenvalue weighted by Crippen LogP contribution is -2.10. The van der Waals surface area contributed by atoms with Crippen molar-refractivity contribution in [3.05, 3.63) is 30.3 Å². The van der Waals surface area contributed by atoms with Crippen LogP contribution in [-0.4, -0.2) is 35.1 Å². The number of rotatable bonds is 4. The van der Waals surface area contributed by atoms with E-state index in [1.807, 2.05) is 0 Å². The van der Waals surface area contributed by atoms with Crippen LogP contribution < -0.4 is 5.73 Å². The van der Waals surface area contributed by atoms with Crippen molar-refractivity contribution < 1.29 is 13.5 Å². The molecule has 0 atom stereocenters. The maximum atomic E-state index is 12.2. The van der Waals surface area contributed by atoms with Crippen LogP contribution in [0.1, 0.15) is 0 Å². The second kappa shape index (κ2) is 4.75. The molecular formula is C10H12N4O3S. The Morgan fingerprint density at radius 2 is 1.94 bits per heavy atom. The molecule has 0 saturated heterocycles. The number of hydrogen-bond donors (Lipinski definition) is 2. The molecule has 1 aromatic carbocycles. The van der Waals surface area contributed by atoms with Gasteiger partial charge in [0, 0.05) is 0 Å². The van der Waals surface area contributed by atoms with Gasteiger partial charge in [-0.25, -0.2) is 13.1 Å². The Bertz CT molecular complexity index is 636. The molecule has 0 spiro atoms. The van der Waals surface area contributed by atoms with E-state index in [1.165, 1.54) is 12.1 Å². The summed E-state index contributed by atoms with van der Waals surface area (Å²) in [6.45, 7) is -0.0957. The highest BCUT2D eigenvalue weighted by molar-refractivity contribution is 7.91. The van der Waals surface area contributed by atoms with Gasteiger partial charge in [0.25, 0.3) is 0 Å². The molecule has 18 heavy (non-hydrogen) atoms. The lowest BCUT2D eigenvalue weighted by atomic mass is 10.4. The van der Waals surface area contributed by atoms with Crippen molar-refractivity contribution in [1.82, 2.24) is 15.0 Å². The van der Waals surface area contributed by atoms with Crippen LogP contribution in [0.15, 0.2) is 40.3 Å². The van der Waals surface area contributed by atoms with Crippen molar-refractivity contribution in [3.63, 3.8) is 0 Å². The number of anilines is 1. The van der Waals surface area contributed by atoms with Gasteiger partial charge in [-0.15, -0.1) is 5.10 Å². The van der Waals surface area contributed by atoms with Crippen LogP contribution in [0, 0.1) is 0 Å². The van der Waals surface area contributed by atoms with Gasteiger partial charge in [0.05, 0.1) is 18.0 Å². The number of benzene rings is 1. The molecule has 2 aromatic rings. The Hall–Kier alpha value is -1.93. The van der Waals surface area contributed by atoms with Crippen LogP contribution >= 0.6 is 0 Å². The minimum Gasteiger partial charge on any atom is -0.394 e. The molecule has 96 valence electrons. The highest BCUT2D eigenvalue weighted by Gasteiger charge is 2.25. The third kappa shape index (κ3) is 2.07. The summed E-state index contributed by atoms with van der Waals surface area (Å²) in [6.07, 6.45) is 0. The first-order valence-electron chi connectivity index (χ1n) is 5.17. The van der Waals surface area contributed by atoms with E-state index in [0.717, 1.165) is 4.68 Å². The Labute approximate surface area is 104 Å². The molecule has 0 unspecified atom stereocenters. The van der Waals surface area contributed by atoms with Gasteiger partial charge in [-0.05, 0) is 12.1 Å². The van der Waals surface area contributed by atoms with Crippen molar-refractivity contribution >= 4 is 15.7 Å². The summed E-state index contributed by atoms with van der Waals surface area (Å²) < 4.78 is 25.6. The van der Waals surface area contributed by atoms with E-state index < -0.39 is 9.84 Å². The second-order valence-electron chi connectivity index (χ2n) is 3.54. The average molecular weight is 268 g/mol. The third-order valence-corrected chi connectivity index (χ3v) is 4.05. The Morgan fingerprint density at radius 1 is 1.28 bits per heavy atom. The zero-order chi connectivity index (χ0) is 13.2. The molecule has 0 saturated carbocycles. The Balaban J connectivity index is 2.49. The summed E-state index contributed by atoms with van der Waals surface area (Å²) >= 11 is 0.